The highest BCUT2D eigenvalue weighted by Gasteiger charge is 2.14. The van der Waals surface area contributed by atoms with Crippen LogP contribution in [0, 0.1) is 6.92 Å². The van der Waals surface area contributed by atoms with E-state index >= 15 is 0 Å². The van der Waals surface area contributed by atoms with Gasteiger partial charge in [0.15, 0.2) is 0 Å². The molecule has 0 saturated carbocycles. The van der Waals surface area contributed by atoms with Crippen LogP contribution in [0.5, 0.6) is 0 Å². The minimum Gasteiger partial charge on any atom is -0.462 e. The highest BCUT2D eigenvalue weighted by Crippen LogP contribution is 2.21. The van der Waals surface area contributed by atoms with Crippen molar-refractivity contribution in [1.82, 2.24) is 10.2 Å². The van der Waals surface area contributed by atoms with Gasteiger partial charge in [-0.05, 0) is 38.1 Å². The van der Waals surface area contributed by atoms with Crippen molar-refractivity contribution >= 4 is 29.3 Å². The lowest BCUT2D eigenvalue weighted by Gasteiger charge is -2.10. The molecule has 0 atom stereocenters. The number of carbonyl (C=O) groups excluding carboxylic acids is 2. The second kappa shape index (κ2) is 9.84. The number of hydrogen-bond acceptors (Lipinski definition) is 6. The lowest BCUT2D eigenvalue weighted by Crippen LogP contribution is -2.17. The average molecular weight is 407 g/mol. The van der Waals surface area contributed by atoms with E-state index in [4.69, 9.17) is 4.74 Å². The Morgan fingerprint density at radius 2 is 1.76 bits per heavy atom. The molecule has 0 aliphatic rings. The molecule has 1 aromatic heterocycles. The van der Waals surface area contributed by atoms with Gasteiger partial charge < -0.3 is 10.1 Å². The number of amides is 1. The van der Waals surface area contributed by atoms with Gasteiger partial charge in [-0.3, -0.25) is 4.79 Å². The fourth-order valence-electron chi connectivity index (χ4n) is 2.58. The van der Waals surface area contributed by atoms with E-state index in [2.05, 4.69) is 15.5 Å². The molecule has 0 aliphatic heterocycles. The maximum atomic E-state index is 12.3. The summed E-state index contributed by atoms with van der Waals surface area (Å²) < 4.78 is 5.02. The highest BCUT2D eigenvalue weighted by molar-refractivity contribution is 7.99. The summed E-state index contributed by atoms with van der Waals surface area (Å²) >= 11 is 1.28. The molecule has 7 heteroatoms. The first-order valence-electron chi connectivity index (χ1n) is 9.16. The first kappa shape index (κ1) is 20.5. The van der Waals surface area contributed by atoms with Crippen molar-refractivity contribution in [2.45, 2.75) is 18.9 Å². The van der Waals surface area contributed by atoms with Gasteiger partial charge >= 0.3 is 5.97 Å². The van der Waals surface area contributed by atoms with Crippen molar-refractivity contribution in [2.24, 2.45) is 0 Å². The largest absolute Gasteiger partial charge is 0.462 e. The molecule has 6 nitrogen and oxygen atoms in total. The van der Waals surface area contributed by atoms with E-state index < -0.39 is 5.97 Å². The fourth-order valence-corrected chi connectivity index (χ4v) is 3.19. The Labute approximate surface area is 173 Å². The zero-order valence-corrected chi connectivity index (χ0v) is 17.0. The molecule has 0 unspecified atom stereocenters. The molecule has 3 rings (SSSR count). The summed E-state index contributed by atoms with van der Waals surface area (Å²) in [5, 5.41) is 11.8. The van der Waals surface area contributed by atoms with Gasteiger partial charge in [0, 0.05) is 5.56 Å². The molecular formula is C22H21N3O3S. The zero-order valence-electron chi connectivity index (χ0n) is 16.2. The SMILES string of the molecule is CCOC(=O)c1ccccc1NC(=O)CSc1ccc(-c2ccc(C)cc2)nn1. The van der Waals surface area contributed by atoms with Gasteiger partial charge in [-0.25, -0.2) is 4.79 Å². The third kappa shape index (κ3) is 5.65. The molecule has 148 valence electrons. The van der Waals surface area contributed by atoms with E-state index in [1.54, 1.807) is 31.2 Å². The predicted octanol–water partition coefficient (Wildman–Crippen LogP) is 4.36. The highest BCUT2D eigenvalue weighted by atomic mass is 32.2. The number of benzene rings is 2. The molecule has 0 saturated heterocycles. The van der Waals surface area contributed by atoms with Crippen LogP contribution in [-0.2, 0) is 9.53 Å². The standard InChI is InChI=1S/C22H21N3O3S/c1-3-28-22(27)17-6-4-5-7-19(17)23-20(26)14-29-21-13-12-18(24-25-21)16-10-8-15(2)9-11-16/h4-13H,3,14H2,1-2H3,(H,23,26). The predicted molar refractivity (Wildman–Crippen MR) is 114 cm³/mol. The zero-order chi connectivity index (χ0) is 20.6. The number of aryl methyl sites for hydroxylation is 1. The minimum atomic E-state index is -0.464. The number of thioether (sulfide) groups is 1. The smallest absolute Gasteiger partial charge is 0.340 e. The van der Waals surface area contributed by atoms with Gasteiger partial charge in [0.05, 0.1) is 29.3 Å². The Kier molecular flexibility index (Phi) is 6.97. The number of nitrogens with zero attached hydrogens (tertiary/aromatic N) is 2. The van der Waals surface area contributed by atoms with Gasteiger partial charge in [0.25, 0.3) is 0 Å². The third-order valence-electron chi connectivity index (χ3n) is 4.04. The molecule has 3 aromatic rings. The number of anilines is 1. The summed E-state index contributed by atoms with van der Waals surface area (Å²) in [5.74, 6) is -0.555. The Morgan fingerprint density at radius 3 is 2.45 bits per heavy atom. The number of ether oxygens (including phenoxy) is 1. The second-order valence-electron chi connectivity index (χ2n) is 6.23. The first-order chi connectivity index (χ1) is 14.1. The van der Waals surface area contributed by atoms with Crippen molar-refractivity contribution in [2.75, 3.05) is 17.7 Å². The van der Waals surface area contributed by atoms with E-state index in [0.29, 0.717) is 16.3 Å². The summed E-state index contributed by atoms with van der Waals surface area (Å²) in [4.78, 5) is 24.3. The fraction of sp³-hybridized carbons (Fsp3) is 0.182. The maximum Gasteiger partial charge on any atom is 0.340 e. The van der Waals surface area contributed by atoms with Crippen LogP contribution in [-0.4, -0.2) is 34.4 Å². The molecule has 0 radical (unpaired) electrons. The quantitative estimate of drug-likeness (QED) is 0.463. The number of hydrogen-bond donors (Lipinski definition) is 1. The molecule has 0 bridgehead atoms. The average Bonchev–Trinajstić information content (AvgIpc) is 2.74. The number of rotatable bonds is 7. The van der Waals surface area contributed by atoms with E-state index in [-0.39, 0.29) is 18.3 Å². The molecule has 0 fully saturated rings. The number of aromatic nitrogens is 2. The van der Waals surface area contributed by atoms with E-state index in [0.717, 1.165) is 11.3 Å². The lowest BCUT2D eigenvalue weighted by molar-refractivity contribution is -0.113. The van der Waals surface area contributed by atoms with Gasteiger partial charge in [0.2, 0.25) is 5.91 Å². The minimum absolute atomic E-state index is 0.149. The van der Waals surface area contributed by atoms with Gasteiger partial charge in [-0.2, -0.15) is 0 Å². The van der Waals surface area contributed by atoms with Crippen LogP contribution in [0.4, 0.5) is 5.69 Å². The third-order valence-corrected chi connectivity index (χ3v) is 4.96. The van der Waals surface area contributed by atoms with Crippen molar-refractivity contribution in [1.29, 1.82) is 0 Å². The van der Waals surface area contributed by atoms with E-state index in [1.165, 1.54) is 17.3 Å². The number of para-hydroxylation sites is 1. The molecule has 1 N–H and O–H groups in total. The molecular weight excluding hydrogens is 386 g/mol. The van der Waals surface area contributed by atoms with Crippen LogP contribution in [0.25, 0.3) is 11.3 Å². The van der Waals surface area contributed by atoms with Gasteiger partial charge in [-0.1, -0.05) is 53.7 Å². The van der Waals surface area contributed by atoms with Crippen LogP contribution >= 0.6 is 11.8 Å². The van der Waals surface area contributed by atoms with Gasteiger partial charge in [-0.15, -0.1) is 10.2 Å². The summed E-state index contributed by atoms with van der Waals surface area (Å²) in [5.41, 5.74) is 3.71. The summed E-state index contributed by atoms with van der Waals surface area (Å²) in [7, 11) is 0. The molecule has 2 aromatic carbocycles. The Bertz CT molecular complexity index is 989. The first-order valence-corrected chi connectivity index (χ1v) is 10.1. The lowest BCUT2D eigenvalue weighted by atomic mass is 10.1. The van der Waals surface area contributed by atoms with Crippen LogP contribution in [0.2, 0.25) is 0 Å². The van der Waals surface area contributed by atoms with Crippen LogP contribution in [0.1, 0.15) is 22.8 Å². The molecule has 29 heavy (non-hydrogen) atoms. The van der Waals surface area contributed by atoms with Crippen LogP contribution in [0.15, 0.2) is 65.7 Å². The van der Waals surface area contributed by atoms with E-state index in [1.807, 2.05) is 43.3 Å². The molecule has 1 amide bonds. The van der Waals surface area contributed by atoms with Crippen LogP contribution in [0.3, 0.4) is 0 Å². The number of esters is 1. The summed E-state index contributed by atoms with van der Waals surface area (Å²) in [6.07, 6.45) is 0. The maximum absolute atomic E-state index is 12.3. The Balaban J connectivity index is 1.59. The Morgan fingerprint density at radius 1 is 1.00 bits per heavy atom. The summed E-state index contributed by atoms with van der Waals surface area (Å²) in [6.45, 7) is 4.04. The monoisotopic (exact) mass is 407 g/mol. The number of nitrogens with one attached hydrogen (secondary N) is 1. The normalized spacial score (nSPS) is 10.4. The van der Waals surface area contributed by atoms with Crippen LogP contribution < -0.4 is 5.32 Å². The topological polar surface area (TPSA) is 81.2 Å². The van der Waals surface area contributed by atoms with Crippen molar-refractivity contribution in [3.63, 3.8) is 0 Å². The van der Waals surface area contributed by atoms with Crippen molar-refractivity contribution in [3.05, 3.63) is 71.8 Å². The van der Waals surface area contributed by atoms with E-state index in [9.17, 15) is 9.59 Å². The molecule has 0 aliphatic carbocycles. The summed E-state index contributed by atoms with van der Waals surface area (Å²) in [6, 6.07) is 18.5. The second-order valence-corrected chi connectivity index (χ2v) is 7.22. The van der Waals surface area contributed by atoms with Crippen molar-refractivity contribution < 1.29 is 14.3 Å². The molecule has 1 heterocycles. The number of carbonyl (C=O) groups is 2. The van der Waals surface area contributed by atoms with Crippen molar-refractivity contribution in [3.8, 4) is 11.3 Å². The molecule has 0 spiro atoms. The Hall–Kier alpha value is -3.19. The van der Waals surface area contributed by atoms with Gasteiger partial charge in [0.1, 0.15) is 5.03 Å².